The monoisotopic (exact) mass is 489 g/mol. The lowest BCUT2D eigenvalue weighted by molar-refractivity contribution is -0.0491. The zero-order chi connectivity index (χ0) is 24.8. The van der Waals surface area contributed by atoms with E-state index in [0.717, 1.165) is 51.9 Å². The highest BCUT2D eigenvalue weighted by molar-refractivity contribution is 5.93. The molecule has 1 aromatic carbocycles. The molecule has 0 radical (unpaired) electrons. The van der Waals surface area contributed by atoms with Crippen molar-refractivity contribution in [1.29, 1.82) is 0 Å². The predicted octanol–water partition coefficient (Wildman–Crippen LogP) is 3.63. The first-order chi connectivity index (χ1) is 17.5. The fraction of sp³-hybridized carbons (Fsp3) is 0.423. The van der Waals surface area contributed by atoms with Gasteiger partial charge in [0.1, 0.15) is 6.10 Å². The highest BCUT2D eigenvalue weighted by Gasteiger charge is 2.28. The Kier molecular flexibility index (Phi) is 5.67. The zero-order valence-corrected chi connectivity index (χ0v) is 21.1. The topological polar surface area (TPSA) is 95.2 Å². The molecule has 3 aromatic heterocycles. The van der Waals surface area contributed by atoms with Crippen LogP contribution < -0.4 is 14.3 Å². The van der Waals surface area contributed by atoms with Gasteiger partial charge in [0.2, 0.25) is 5.88 Å². The Balaban J connectivity index is 1.53. The molecule has 2 aliphatic rings. The Morgan fingerprint density at radius 2 is 2.14 bits per heavy atom. The highest BCUT2D eigenvalue weighted by atomic mass is 16.7. The van der Waals surface area contributed by atoms with Gasteiger partial charge in [-0.2, -0.15) is 5.10 Å². The SMILES string of the molecule is CCCn1nc(OC(C)C)c2c1CN(C)CC1COn3ncc(c3O1)-c1ccc3n[nH]c(c3c1)/C=C/2. The average molecular weight is 490 g/mol. The van der Waals surface area contributed by atoms with Gasteiger partial charge in [-0.1, -0.05) is 17.8 Å². The molecule has 36 heavy (non-hydrogen) atoms. The predicted molar refractivity (Wildman–Crippen MR) is 137 cm³/mol. The molecule has 1 unspecified atom stereocenters. The number of H-pyrrole nitrogens is 1. The van der Waals surface area contributed by atoms with E-state index in [1.807, 2.05) is 26.0 Å². The molecule has 1 atom stereocenters. The van der Waals surface area contributed by atoms with Crippen LogP contribution in [0.5, 0.6) is 11.8 Å². The van der Waals surface area contributed by atoms with Crippen LogP contribution in [0.25, 0.3) is 34.2 Å². The Bertz CT molecular complexity index is 1430. The van der Waals surface area contributed by atoms with Crippen LogP contribution in [0.4, 0.5) is 0 Å². The normalized spacial score (nSPS) is 18.4. The summed E-state index contributed by atoms with van der Waals surface area (Å²) in [6.07, 6.45) is 6.81. The van der Waals surface area contributed by atoms with Crippen LogP contribution in [-0.4, -0.2) is 67.2 Å². The van der Waals surface area contributed by atoms with Gasteiger partial charge >= 0.3 is 0 Å². The fourth-order valence-corrected chi connectivity index (χ4v) is 4.84. The molecule has 4 aromatic rings. The molecule has 0 saturated carbocycles. The molecular formula is C26H31N7O3. The molecule has 10 nitrogen and oxygen atoms in total. The van der Waals surface area contributed by atoms with Crippen LogP contribution in [0.2, 0.25) is 0 Å². The van der Waals surface area contributed by atoms with Crippen LogP contribution in [0, 0.1) is 0 Å². The highest BCUT2D eigenvalue weighted by Crippen LogP contribution is 2.35. The van der Waals surface area contributed by atoms with Gasteiger partial charge in [-0.15, -0.1) is 10.2 Å². The van der Waals surface area contributed by atoms with Gasteiger partial charge < -0.3 is 14.3 Å². The summed E-state index contributed by atoms with van der Waals surface area (Å²) >= 11 is 0. The Hall–Kier alpha value is -3.79. The van der Waals surface area contributed by atoms with Crippen molar-refractivity contribution >= 4 is 23.1 Å². The zero-order valence-electron chi connectivity index (χ0n) is 21.1. The van der Waals surface area contributed by atoms with Crippen LogP contribution in [0.1, 0.15) is 44.1 Å². The summed E-state index contributed by atoms with van der Waals surface area (Å²) in [5.41, 5.74) is 5.78. The fourth-order valence-electron chi connectivity index (χ4n) is 4.84. The summed E-state index contributed by atoms with van der Waals surface area (Å²) < 4.78 is 14.7. The van der Waals surface area contributed by atoms with Crippen molar-refractivity contribution in [2.24, 2.45) is 0 Å². The van der Waals surface area contributed by atoms with E-state index in [2.05, 4.69) is 57.1 Å². The summed E-state index contributed by atoms with van der Waals surface area (Å²) in [4.78, 5) is 9.64. The quantitative estimate of drug-likeness (QED) is 0.468. The van der Waals surface area contributed by atoms with Crippen molar-refractivity contribution in [3.63, 3.8) is 0 Å². The molecule has 0 amide bonds. The number of likely N-dealkylation sites (N-methyl/N-ethyl adjacent to an activating group) is 1. The van der Waals surface area contributed by atoms with Gasteiger partial charge in [-0.05, 0) is 57.2 Å². The molecule has 6 rings (SSSR count). The summed E-state index contributed by atoms with van der Waals surface area (Å²) in [5, 5.41) is 18.0. The van der Waals surface area contributed by atoms with E-state index >= 15 is 0 Å². The summed E-state index contributed by atoms with van der Waals surface area (Å²) in [6.45, 7) is 8.82. The first-order valence-electron chi connectivity index (χ1n) is 12.5. The van der Waals surface area contributed by atoms with Gasteiger partial charge in [-0.25, -0.2) is 0 Å². The van der Waals surface area contributed by atoms with Crippen molar-refractivity contribution in [2.45, 2.75) is 52.5 Å². The Morgan fingerprint density at radius 3 is 2.97 bits per heavy atom. The first kappa shape index (κ1) is 22.7. The van der Waals surface area contributed by atoms with E-state index in [1.54, 1.807) is 6.20 Å². The lowest BCUT2D eigenvalue weighted by Gasteiger charge is -2.29. The van der Waals surface area contributed by atoms with E-state index in [-0.39, 0.29) is 12.2 Å². The molecule has 188 valence electrons. The lowest BCUT2D eigenvalue weighted by atomic mass is 10.1. The number of hydrogen-bond donors (Lipinski definition) is 1. The number of aromatic nitrogens is 6. The van der Waals surface area contributed by atoms with Crippen LogP contribution >= 0.6 is 0 Å². The molecule has 0 fully saturated rings. The molecule has 0 saturated heterocycles. The number of aryl methyl sites for hydroxylation is 1. The average Bonchev–Trinajstić information content (AvgIpc) is 3.53. The maximum Gasteiger partial charge on any atom is 0.258 e. The first-order valence-corrected chi connectivity index (χ1v) is 12.5. The molecule has 5 heterocycles. The Morgan fingerprint density at radius 1 is 1.25 bits per heavy atom. The minimum atomic E-state index is -0.135. The summed E-state index contributed by atoms with van der Waals surface area (Å²) in [7, 11) is 2.09. The van der Waals surface area contributed by atoms with E-state index < -0.39 is 0 Å². The van der Waals surface area contributed by atoms with Crippen molar-refractivity contribution in [3.8, 4) is 22.9 Å². The smallest absolute Gasteiger partial charge is 0.258 e. The summed E-state index contributed by atoms with van der Waals surface area (Å²) in [5.74, 6) is 1.27. The van der Waals surface area contributed by atoms with Gasteiger partial charge in [-0.3, -0.25) is 14.7 Å². The second-order valence-corrected chi connectivity index (χ2v) is 9.73. The second kappa shape index (κ2) is 9.02. The second-order valence-electron chi connectivity index (χ2n) is 9.73. The minimum absolute atomic E-state index is 0.0169. The number of rotatable bonds is 4. The number of aromatic amines is 1. The van der Waals surface area contributed by atoms with Crippen LogP contribution in [0.3, 0.4) is 0 Å². The maximum absolute atomic E-state index is 6.42. The maximum atomic E-state index is 6.42. The Labute approximate surface area is 209 Å². The molecule has 0 aliphatic carbocycles. The van der Waals surface area contributed by atoms with Crippen molar-refractivity contribution in [1.82, 2.24) is 34.8 Å². The van der Waals surface area contributed by atoms with Gasteiger partial charge in [0, 0.05) is 25.0 Å². The standard InChI is InChI=1S/C26H31N7O3/c1-5-10-32-24-14-31(4)13-18-15-34-33-26(36-18)21(12-27-33)17-6-8-22-20(11-17)23(29-28-22)9-7-19(24)25(30-32)35-16(2)3/h6-9,11-12,16,18H,5,10,13-15H2,1-4H3,(H,28,29)/b9-7+. The number of ether oxygens (including phenoxy) is 2. The number of nitrogens with one attached hydrogen (secondary N) is 1. The van der Waals surface area contributed by atoms with Gasteiger partial charge in [0.05, 0.1) is 40.3 Å². The van der Waals surface area contributed by atoms with E-state index in [0.29, 0.717) is 31.5 Å². The molecule has 2 aliphatic heterocycles. The van der Waals surface area contributed by atoms with Crippen molar-refractivity contribution in [3.05, 3.63) is 41.3 Å². The third-order valence-electron chi connectivity index (χ3n) is 6.45. The largest absolute Gasteiger partial charge is 0.473 e. The van der Waals surface area contributed by atoms with E-state index in [1.165, 1.54) is 4.85 Å². The van der Waals surface area contributed by atoms with Crippen LogP contribution in [0.15, 0.2) is 24.4 Å². The molecule has 1 N–H and O–H groups in total. The summed E-state index contributed by atoms with van der Waals surface area (Å²) in [6, 6.07) is 6.16. The number of fused-ring (bicyclic) bond motifs is 4. The van der Waals surface area contributed by atoms with E-state index in [4.69, 9.17) is 19.4 Å². The third kappa shape index (κ3) is 4.01. The molecule has 0 spiro atoms. The van der Waals surface area contributed by atoms with Crippen molar-refractivity contribution in [2.75, 3.05) is 20.2 Å². The number of hydrogen-bond acceptors (Lipinski definition) is 7. The number of nitrogens with zero attached hydrogens (tertiary/aromatic N) is 6. The van der Waals surface area contributed by atoms with E-state index in [9.17, 15) is 0 Å². The minimum Gasteiger partial charge on any atom is -0.473 e. The van der Waals surface area contributed by atoms with Crippen molar-refractivity contribution < 1.29 is 14.3 Å². The molecule has 4 bridgehead atoms. The van der Waals surface area contributed by atoms with Crippen LogP contribution in [-0.2, 0) is 13.1 Å². The lowest BCUT2D eigenvalue weighted by Crippen LogP contribution is -2.43. The molecule has 10 heteroatoms. The van der Waals surface area contributed by atoms with Gasteiger partial charge in [0.25, 0.3) is 5.88 Å². The molecular weight excluding hydrogens is 458 g/mol. The van der Waals surface area contributed by atoms with Gasteiger partial charge in [0.15, 0.2) is 6.61 Å². The third-order valence-corrected chi connectivity index (χ3v) is 6.45. The number of benzene rings is 1.